The average molecular weight is 161 g/mol. The van der Waals surface area contributed by atoms with E-state index in [9.17, 15) is 13.2 Å². The highest BCUT2D eigenvalue weighted by Gasteiger charge is 2.28. The van der Waals surface area contributed by atoms with Crippen LogP contribution in [-0.2, 0) is 6.42 Å². The Morgan fingerprint density at radius 3 is 2.64 bits per heavy atom. The number of halogens is 3. The highest BCUT2D eigenvalue weighted by Crippen LogP contribution is 2.19. The molecule has 1 rings (SSSR count). The fraction of sp³-hybridized carbons (Fsp3) is 0.333. The lowest BCUT2D eigenvalue weighted by Crippen LogP contribution is -2.12. The smallest absolute Gasteiger partial charge is 0.241 e. The Labute approximate surface area is 61.1 Å². The van der Waals surface area contributed by atoms with Gasteiger partial charge in [-0.1, -0.05) is 0 Å². The average Bonchev–Trinajstić information content (AvgIpc) is 1.85. The molecule has 0 bridgehead atoms. The van der Waals surface area contributed by atoms with Gasteiger partial charge in [0.05, 0.1) is 18.3 Å². The van der Waals surface area contributed by atoms with Crippen LogP contribution < -0.4 is 0 Å². The van der Waals surface area contributed by atoms with Crippen LogP contribution in [0.2, 0.25) is 0 Å². The predicted molar refractivity (Wildman–Crippen MR) is 30.6 cm³/mol. The minimum Gasteiger partial charge on any atom is -0.241 e. The van der Waals surface area contributed by atoms with Crippen LogP contribution in [0.4, 0.5) is 13.2 Å². The molecule has 0 amide bonds. The summed E-state index contributed by atoms with van der Waals surface area (Å²) in [6.45, 7) is 0. The molecule has 0 saturated carbocycles. The zero-order chi connectivity index (χ0) is 8.32. The number of hydrogen-bond donors (Lipinski definition) is 0. The Balaban J connectivity index is 2.66. The first kappa shape index (κ1) is 7.97. The zero-order valence-corrected chi connectivity index (χ0v) is 5.39. The maximum Gasteiger partial charge on any atom is 0.394 e. The van der Waals surface area contributed by atoms with Gasteiger partial charge in [-0.3, -0.25) is 0 Å². The third-order valence-electron chi connectivity index (χ3n) is 0.969. The van der Waals surface area contributed by atoms with E-state index in [4.69, 9.17) is 0 Å². The third kappa shape index (κ3) is 2.97. The Hall–Kier alpha value is -1.13. The number of rotatable bonds is 1. The number of nitrogens with zero attached hydrogens (tertiary/aromatic N) is 2. The van der Waals surface area contributed by atoms with E-state index in [2.05, 4.69) is 16.2 Å². The van der Waals surface area contributed by atoms with Crippen LogP contribution >= 0.6 is 0 Å². The molecule has 0 atom stereocenters. The van der Waals surface area contributed by atoms with E-state index in [0.29, 0.717) is 0 Å². The monoisotopic (exact) mass is 161 g/mol. The van der Waals surface area contributed by atoms with E-state index in [0.717, 1.165) is 12.4 Å². The number of aromatic nitrogens is 2. The van der Waals surface area contributed by atoms with Crippen molar-refractivity contribution in [3.63, 3.8) is 0 Å². The fourth-order valence-electron chi connectivity index (χ4n) is 0.587. The number of alkyl halides is 3. The second-order valence-corrected chi connectivity index (χ2v) is 1.93. The van der Waals surface area contributed by atoms with E-state index >= 15 is 0 Å². The van der Waals surface area contributed by atoms with Gasteiger partial charge < -0.3 is 0 Å². The van der Waals surface area contributed by atoms with Crippen LogP contribution in [0.3, 0.4) is 0 Å². The summed E-state index contributed by atoms with van der Waals surface area (Å²) >= 11 is 0. The number of hydrogen-bond acceptors (Lipinski definition) is 2. The summed E-state index contributed by atoms with van der Waals surface area (Å²) in [5.74, 6) is 0. The second-order valence-electron chi connectivity index (χ2n) is 1.93. The van der Waals surface area contributed by atoms with Crippen molar-refractivity contribution in [2.24, 2.45) is 0 Å². The minimum absolute atomic E-state index is 0.0625. The van der Waals surface area contributed by atoms with Gasteiger partial charge in [0.1, 0.15) is 6.33 Å². The molecule has 0 aliphatic carbocycles. The first-order chi connectivity index (χ1) is 5.08. The van der Waals surface area contributed by atoms with E-state index < -0.39 is 12.6 Å². The second kappa shape index (κ2) is 2.86. The van der Waals surface area contributed by atoms with Crippen molar-refractivity contribution in [1.82, 2.24) is 9.97 Å². The van der Waals surface area contributed by atoms with Gasteiger partial charge in [0.15, 0.2) is 0 Å². The van der Waals surface area contributed by atoms with Gasteiger partial charge in [0.25, 0.3) is 0 Å². The molecular formula is C6H4F3N2. The lowest BCUT2D eigenvalue weighted by atomic mass is 10.3. The van der Waals surface area contributed by atoms with Gasteiger partial charge in [-0.25, -0.2) is 9.97 Å². The van der Waals surface area contributed by atoms with Gasteiger partial charge in [-0.15, -0.1) is 0 Å². The maximum absolute atomic E-state index is 11.7. The Bertz CT molecular complexity index is 219. The summed E-state index contributed by atoms with van der Waals surface area (Å²) in [4.78, 5) is 6.77. The van der Waals surface area contributed by atoms with Crippen molar-refractivity contribution in [3.8, 4) is 0 Å². The molecule has 2 nitrogen and oxygen atoms in total. The molecule has 0 fully saturated rings. The normalized spacial score (nSPS) is 11.5. The Morgan fingerprint density at radius 2 is 2.18 bits per heavy atom. The highest BCUT2D eigenvalue weighted by atomic mass is 19.4. The Morgan fingerprint density at radius 1 is 1.45 bits per heavy atom. The standard InChI is InChI=1S/C6H4F3N2/c7-6(8,9)3-5-1-2-10-4-11-5/h1,4H,3H2. The van der Waals surface area contributed by atoms with E-state index in [1.807, 2.05) is 0 Å². The summed E-state index contributed by atoms with van der Waals surface area (Å²) in [6, 6.07) is 1.12. The van der Waals surface area contributed by atoms with Crippen LogP contribution in [0, 0.1) is 6.20 Å². The van der Waals surface area contributed by atoms with E-state index in [1.54, 1.807) is 0 Å². The maximum atomic E-state index is 11.7. The van der Waals surface area contributed by atoms with Crippen molar-refractivity contribution in [3.05, 3.63) is 24.3 Å². The topological polar surface area (TPSA) is 25.8 Å². The summed E-state index contributed by atoms with van der Waals surface area (Å²) in [5, 5.41) is 0. The molecule has 11 heavy (non-hydrogen) atoms. The van der Waals surface area contributed by atoms with Gasteiger partial charge >= 0.3 is 6.18 Å². The van der Waals surface area contributed by atoms with Crippen molar-refractivity contribution >= 4 is 0 Å². The Kier molecular flexibility index (Phi) is 2.07. The highest BCUT2D eigenvalue weighted by molar-refractivity contribution is 4.98. The molecule has 0 spiro atoms. The van der Waals surface area contributed by atoms with Gasteiger partial charge in [0, 0.05) is 0 Å². The van der Waals surface area contributed by atoms with Crippen LogP contribution in [0.1, 0.15) is 5.69 Å². The van der Waals surface area contributed by atoms with Crippen LogP contribution in [0.5, 0.6) is 0 Å². The molecule has 1 aromatic heterocycles. The molecule has 0 unspecified atom stereocenters. The van der Waals surface area contributed by atoms with E-state index in [-0.39, 0.29) is 5.69 Å². The molecule has 5 heteroatoms. The lowest BCUT2D eigenvalue weighted by molar-refractivity contribution is -0.127. The zero-order valence-electron chi connectivity index (χ0n) is 5.39. The van der Waals surface area contributed by atoms with Crippen molar-refractivity contribution < 1.29 is 13.2 Å². The van der Waals surface area contributed by atoms with Crippen molar-refractivity contribution in [2.75, 3.05) is 0 Å². The SMILES string of the molecule is FC(F)(F)Cc1c[c]ncn1. The summed E-state index contributed by atoms with van der Waals surface area (Å²) in [6.07, 6.45) is -1.91. The van der Waals surface area contributed by atoms with Crippen LogP contribution in [0.15, 0.2) is 12.4 Å². The van der Waals surface area contributed by atoms with Crippen molar-refractivity contribution in [1.29, 1.82) is 0 Å². The summed E-state index contributed by atoms with van der Waals surface area (Å²) < 4.78 is 35.0. The molecule has 0 aliphatic rings. The lowest BCUT2D eigenvalue weighted by Gasteiger charge is -2.03. The third-order valence-corrected chi connectivity index (χ3v) is 0.969. The first-order valence-electron chi connectivity index (χ1n) is 2.82. The largest absolute Gasteiger partial charge is 0.394 e. The molecule has 59 valence electrons. The molecule has 1 radical (unpaired) electrons. The van der Waals surface area contributed by atoms with Crippen LogP contribution in [-0.4, -0.2) is 16.1 Å². The van der Waals surface area contributed by atoms with Crippen molar-refractivity contribution in [2.45, 2.75) is 12.6 Å². The first-order valence-corrected chi connectivity index (χ1v) is 2.82. The predicted octanol–water partition coefficient (Wildman–Crippen LogP) is 1.38. The van der Waals surface area contributed by atoms with E-state index in [1.165, 1.54) is 0 Å². The minimum atomic E-state index is -4.21. The molecular weight excluding hydrogens is 157 g/mol. The molecule has 0 N–H and O–H groups in total. The molecule has 0 aliphatic heterocycles. The van der Waals surface area contributed by atoms with Gasteiger partial charge in [0.2, 0.25) is 0 Å². The molecule has 0 aromatic carbocycles. The quantitative estimate of drug-likeness (QED) is 0.621. The molecule has 1 heterocycles. The summed E-state index contributed by atoms with van der Waals surface area (Å²) in [7, 11) is 0. The van der Waals surface area contributed by atoms with Gasteiger partial charge in [-0.2, -0.15) is 13.2 Å². The molecule has 0 saturated heterocycles. The van der Waals surface area contributed by atoms with Crippen LogP contribution in [0.25, 0.3) is 0 Å². The molecule has 1 aromatic rings. The fourth-order valence-corrected chi connectivity index (χ4v) is 0.587. The van der Waals surface area contributed by atoms with Gasteiger partial charge in [-0.05, 0) is 6.07 Å². The summed E-state index contributed by atoms with van der Waals surface area (Å²) in [5.41, 5.74) is -0.0625.